The van der Waals surface area contributed by atoms with E-state index in [1.54, 1.807) is 7.11 Å². The van der Waals surface area contributed by atoms with E-state index in [9.17, 15) is 4.79 Å². The van der Waals surface area contributed by atoms with Gasteiger partial charge < -0.3 is 9.64 Å². The highest BCUT2D eigenvalue weighted by Crippen LogP contribution is 2.50. The predicted octanol–water partition coefficient (Wildman–Crippen LogP) is 5.83. The summed E-state index contributed by atoms with van der Waals surface area (Å²) < 4.78 is 5.48. The van der Waals surface area contributed by atoms with Crippen molar-refractivity contribution in [2.24, 2.45) is 0 Å². The fraction of sp³-hybridized carbons (Fsp3) is 0.269. The van der Waals surface area contributed by atoms with E-state index in [2.05, 4.69) is 63.2 Å². The van der Waals surface area contributed by atoms with Gasteiger partial charge in [0.25, 0.3) is 5.91 Å². The van der Waals surface area contributed by atoms with Crippen molar-refractivity contribution >= 4 is 11.6 Å². The Morgan fingerprint density at radius 1 is 0.862 bits per heavy atom. The number of methoxy groups -OCH3 is 1. The molecule has 4 rings (SSSR count). The lowest BCUT2D eigenvalue weighted by Gasteiger charge is -2.51. The Morgan fingerprint density at radius 3 is 2.21 bits per heavy atom. The minimum atomic E-state index is -0.378. The second kappa shape index (κ2) is 7.07. The molecule has 0 saturated heterocycles. The standard InChI is InChI=1S/C26H27NO2/c1-25(2)18-26(3,19-12-6-5-7-13-19)21-15-9-10-16-22(21)27(25)24(28)20-14-8-11-17-23(20)29-4/h5-17H,18H2,1-4H3/t26-/m1/s1. The molecule has 3 aromatic carbocycles. The number of hydrogen-bond donors (Lipinski definition) is 0. The van der Waals surface area contributed by atoms with Crippen molar-refractivity contribution in [3.8, 4) is 5.75 Å². The summed E-state index contributed by atoms with van der Waals surface area (Å²) in [6.07, 6.45) is 0.821. The maximum Gasteiger partial charge on any atom is 0.262 e. The molecule has 0 aromatic heterocycles. The number of carbonyl (C=O) groups excluding carboxylic acids is 1. The highest BCUT2D eigenvalue weighted by atomic mass is 16.5. The SMILES string of the molecule is COc1ccccc1C(=O)N1c2ccccc2[C@@](C)(c2ccccc2)CC1(C)C. The normalized spacial score (nSPS) is 20.1. The second-order valence-corrected chi connectivity index (χ2v) is 8.55. The van der Waals surface area contributed by atoms with E-state index < -0.39 is 0 Å². The van der Waals surface area contributed by atoms with Crippen LogP contribution in [-0.2, 0) is 5.41 Å². The van der Waals surface area contributed by atoms with Crippen molar-refractivity contribution in [2.75, 3.05) is 12.0 Å². The number of rotatable bonds is 3. The van der Waals surface area contributed by atoms with Gasteiger partial charge in [0.05, 0.1) is 12.7 Å². The molecule has 1 atom stereocenters. The van der Waals surface area contributed by atoms with Gasteiger partial charge in [0.1, 0.15) is 5.75 Å². The number of benzene rings is 3. The molecule has 0 N–H and O–H groups in total. The Bertz CT molecular complexity index is 1040. The van der Waals surface area contributed by atoms with Crippen LogP contribution in [0.5, 0.6) is 5.75 Å². The van der Waals surface area contributed by atoms with E-state index in [1.165, 1.54) is 11.1 Å². The quantitative estimate of drug-likeness (QED) is 0.568. The fourth-order valence-corrected chi connectivity index (χ4v) is 4.89. The van der Waals surface area contributed by atoms with Crippen molar-refractivity contribution in [1.82, 2.24) is 0 Å². The van der Waals surface area contributed by atoms with E-state index in [4.69, 9.17) is 4.74 Å². The van der Waals surface area contributed by atoms with Crippen molar-refractivity contribution in [2.45, 2.75) is 38.1 Å². The molecule has 0 bridgehead atoms. The number of para-hydroxylation sites is 2. The van der Waals surface area contributed by atoms with Gasteiger partial charge in [-0.15, -0.1) is 0 Å². The Balaban J connectivity index is 1.90. The molecule has 1 aliphatic heterocycles. The number of anilines is 1. The van der Waals surface area contributed by atoms with Crippen molar-refractivity contribution in [1.29, 1.82) is 0 Å². The molecule has 0 radical (unpaired) electrons. The summed E-state index contributed by atoms with van der Waals surface area (Å²) in [6, 6.07) is 26.3. The van der Waals surface area contributed by atoms with Gasteiger partial charge in [0.2, 0.25) is 0 Å². The van der Waals surface area contributed by atoms with Gasteiger partial charge in [-0.2, -0.15) is 0 Å². The maximum atomic E-state index is 13.8. The zero-order valence-corrected chi connectivity index (χ0v) is 17.5. The number of nitrogens with zero attached hydrogens (tertiary/aromatic N) is 1. The molecule has 148 valence electrons. The summed E-state index contributed by atoms with van der Waals surface area (Å²) in [7, 11) is 1.61. The smallest absolute Gasteiger partial charge is 0.262 e. The monoisotopic (exact) mass is 385 g/mol. The van der Waals surface area contributed by atoms with Crippen molar-refractivity contribution in [3.63, 3.8) is 0 Å². The summed E-state index contributed by atoms with van der Waals surface area (Å²) in [4.78, 5) is 15.7. The Kier molecular flexibility index (Phi) is 4.70. The molecule has 0 spiro atoms. The van der Waals surface area contributed by atoms with Crippen LogP contribution in [0.3, 0.4) is 0 Å². The molecular formula is C26H27NO2. The Morgan fingerprint density at radius 2 is 1.48 bits per heavy atom. The predicted molar refractivity (Wildman–Crippen MR) is 118 cm³/mol. The molecule has 1 amide bonds. The third-order valence-corrected chi connectivity index (χ3v) is 6.08. The lowest BCUT2D eigenvalue weighted by atomic mass is 9.65. The first-order valence-corrected chi connectivity index (χ1v) is 10.0. The number of hydrogen-bond acceptors (Lipinski definition) is 2. The molecule has 3 nitrogen and oxygen atoms in total. The van der Waals surface area contributed by atoms with Gasteiger partial charge in [0.15, 0.2) is 0 Å². The zero-order valence-electron chi connectivity index (χ0n) is 17.5. The number of fused-ring (bicyclic) bond motifs is 1. The number of ether oxygens (including phenoxy) is 1. The van der Waals surface area contributed by atoms with Crippen LogP contribution in [0, 0.1) is 0 Å². The lowest BCUT2D eigenvalue weighted by Crippen LogP contribution is -2.55. The fourth-order valence-electron chi connectivity index (χ4n) is 4.89. The van der Waals surface area contributed by atoms with Crippen LogP contribution in [0.2, 0.25) is 0 Å². The Hall–Kier alpha value is -3.07. The van der Waals surface area contributed by atoms with E-state index in [-0.39, 0.29) is 16.9 Å². The van der Waals surface area contributed by atoms with Crippen molar-refractivity contribution < 1.29 is 9.53 Å². The molecule has 3 heteroatoms. The van der Waals surface area contributed by atoms with Gasteiger partial charge >= 0.3 is 0 Å². The minimum absolute atomic E-state index is 0.0324. The van der Waals surface area contributed by atoms with E-state index in [1.807, 2.05) is 41.3 Å². The van der Waals surface area contributed by atoms with Gasteiger partial charge in [-0.1, -0.05) is 67.6 Å². The first-order chi connectivity index (χ1) is 13.9. The highest BCUT2D eigenvalue weighted by molar-refractivity contribution is 6.09. The average Bonchev–Trinajstić information content (AvgIpc) is 2.73. The highest BCUT2D eigenvalue weighted by Gasteiger charge is 2.48. The largest absolute Gasteiger partial charge is 0.496 e. The molecule has 1 heterocycles. The zero-order chi connectivity index (χ0) is 20.6. The maximum absolute atomic E-state index is 13.8. The molecule has 0 fully saturated rings. The average molecular weight is 386 g/mol. The van der Waals surface area contributed by atoms with E-state index in [0.717, 1.165) is 12.1 Å². The topological polar surface area (TPSA) is 29.5 Å². The summed E-state index contributed by atoms with van der Waals surface area (Å²) in [6.45, 7) is 6.59. The summed E-state index contributed by atoms with van der Waals surface area (Å²) >= 11 is 0. The first-order valence-electron chi connectivity index (χ1n) is 10.0. The van der Waals surface area contributed by atoms with Gasteiger partial charge in [0, 0.05) is 16.6 Å². The number of amides is 1. The van der Waals surface area contributed by atoms with Crippen LogP contribution in [0.15, 0.2) is 78.9 Å². The lowest BCUT2D eigenvalue weighted by molar-refractivity contribution is 0.0946. The molecule has 0 unspecified atom stereocenters. The van der Waals surface area contributed by atoms with Crippen LogP contribution in [0.25, 0.3) is 0 Å². The van der Waals surface area contributed by atoms with Crippen LogP contribution in [0.1, 0.15) is 48.7 Å². The molecule has 0 saturated carbocycles. The van der Waals surface area contributed by atoms with Crippen molar-refractivity contribution in [3.05, 3.63) is 95.6 Å². The van der Waals surface area contributed by atoms with Crippen LogP contribution in [0.4, 0.5) is 5.69 Å². The third kappa shape index (κ3) is 3.11. The molecule has 3 aromatic rings. The van der Waals surface area contributed by atoms with Gasteiger partial charge in [-0.25, -0.2) is 0 Å². The first kappa shape index (κ1) is 19.3. The minimum Gasteiger partial charge on any atom is -0.496 e. The van der Waals surface area contributed by atoms with Crippen LogP contribution in [-0.4, -0.2) is 18.6 Å². The summed E-state index contributed by atoms with van der Waals surface area (Å²) in [5, 5.41) is 0. The molecule has 1 aliphatic rings. The van der Waals surface area contributed by atoms with Crippen LogP contribution < -0.4 is 9.64 Å². The molecule has 0 aliphatic carbocycles. The third-order valence-electron chi connectivity index (χ3n) is 6.08. The summed E-state index contributed by atoms with van der Waals surface area (Å²) in [5.41, 5.74) is 3.43. The van der Waals surface area contributed by atoms with E-state index in [0.29, 0.717) is 11.3 Å². The Labute approximate surface area is 172 Å². The van der Waals surface area contributed by atoms with E-state index >= 15 is 0 Å². The van der Waals surface area contributed by atoms with Crippen LogP contribution >= 0.6 is 0 Å². The number of carbonyl (C=O) groups is 1. The van der Waals surface area contributed by atoms with Gasteiger partial charge in [-0.05, 0) is 49.6 Å². The molecular weight excluding hydrogens is 358 g/mol. The van der Waals surface area contributed by atoms with Gasteiger partial charge in [-0.3, -0.25) is 4.79 Å². The molecule has 29 heavy (non-hydrogen) atoms. The second-order valence-electron chi connectivity index (χ2n) is 8.55. The summed E-state index contributed by atoms with van der Waals surface area (Å²) in [5.74, 6) is 0.567.